The summed E-state index contributed by atoms with van der Waals surface area (Å²) in [7, 11) is 0. The quantitative estimate of drug-likeness (QED) is 0.855. The number of morpholine rings is 1. The largest absolute Gasteiger partial charge is 0.378 e. The minimum atomic E-state index is 0.817. The number of rotatable bonds is 4. The summed E-state index contributed by atoms with van der Waals surface area (Å²) in [5.74, 6) is 0. The van der Waals surface area contributed by atoms with Crippen molar-refractivity contribution in [2.45, 2.75) is 26.2 Å². The Kier molecular flexibility index (Phi) is 3.99. The minimum Gasteiger partial charge on any atom is -0.378 e. The average Bonchev–Trinajstić information content (AvgIpc) is 2.89. The summed E-state index contributed by atoms with van der Waals surface area (Å²) in [5, 5.41) is 1.14. The van der Waals surface area contributed by atoms with Crippen LogP contribution in [-0.4, -0.2) is 31.3 Å². The summed E-state index contributed by atoms with van der Waals surface area (Å²) < 4.78 is 6.71. The third-order valence-electron chi connectivity index (χ3n) is 3.54. The zero-order valence-corrected chi connectivity index (χ0v) is 12.2. The van der Waals surface area contributed by atoms with Gasteiger partial charge in [0.05, 0.1) is 23.4 Å². The predicted octanol–water partition coefficient (Wildman–Crippen LogP) is 3.48. The summed E-state index contributed by atoms with van der Waals surface area (Å²) in [6.45, 7) is 5.79. The lowest BCUT2D eigenvalue weighted by atomic mass is 10.1. The number of aromatic nitrogens is 1. The van der Waals surface area contributed by atoms with E-state index in [1.807, 2.05) is 11.3 Å². The van der Waals surface area contributed by atoms with Gasteiger partial charge in [-0.1, -0.05) is 30.7 Å². The third-order valence-corrected chi connectivity index (χ3v) is 4.62. The van der Waals surface area contributed by atoms with Crippen molar-refractivity contribution in [2.75, 3.05) is 31.2 Å². The van der Waals surface area contributed by atoms with E-state index in [9.17, 15) is 0 Å². The Morgan fingerprint density at radius 3 is 2.95 bits per heavy atom. The van der Waals surface area contributed by atoms with Crippen molar-refractivity contribution in [3.63, 3.8) is 0 Å². The molecule has 0 aliphatic carbocycles. The molecule has 0 saturated carbocycles. The smallest absolute Gasteiger partial charge is 0.186 e. The van der Waals surface area contributed by atoms with Gasteiger partial charge in [-0.25, -0.2) is 4.98 Å². The van der Waals surface area contributed by atoms with Gasteiger partial charge in [0, 0.05) is 13.1 Å². The van der Waals surface area contributed by atoms with Crippen molar-refractivity contribution in [1.29, 1.82) is 0 Å². The predicted molar refractivity (Wildman–Crippen MR) is 81.3 cm³/mol. The number of anilines is 1. The minimum absolute atomic E-state index is 0.817. The molecule has 1 aromatic heterocycles. The van der Waals surface area contributed by atoms with Gasteiger partial charge in [-0.05, 0) is 30.5 Å². The molecule has 1 aromatic carbocycles. The van der Waals surface area contributed by atoms with E-state index in [0.29, 0.717) is 0 Å². The second kappa shape index (κ2) is 5.88. The first-order valence-corrected chi connectivity index (χ1v) is 7.90. The van der Waals surface area contributed by atoms with Crippen LogP contribution in [-0.2, 0) is 11.2 Å². The molecule has 0 spiro atoms. The lowest BCUT2D eigenvalue weighted by molar-refractivity contribution is 0.122. The van der Waals surface area contributed by atoms with E-state index in [0.717, 1.165) is 37.0 Å². The number of fused-ring (bicyclic) bond motifs is 1. The van der Waals surface area contributed by atoms with Gasteiger partial charge >= 0.3 is 0 Å². The normalized spacial score (nSPS) is 16.2. The highest BCUT2D eigenvalue weighted by Crippen LogP contribution is 2.30. The van der Waals surface area contributed by atoms with E-state index in [2.05, 4.69) is 30.0 Å². The monoisotopic (exact) mass is 276 g/mol. The first kappa shape index (κ1) is 12.9. The molecular formula is C15H20N2OS. The third kappa shape index (κ3) is 2.90. The molecule has 1 fully saturated rings. The molecule has 0 bridgehead atoms. The van der Waals surface area contributed by atoms with Crippen LogP contribution in [0.2, 0.25) is 0 Å². The number of benzene rings is 1. The summed E-state index contributed by atoms with van der Waals surface area (Å²) in [6, 6.07) is 6.70. The zero-order valence-electron chi connectivity index (χ0n) is 11.4. The molecule has 0 N–H and O–H groups in total. The topological polar surface area (TPSA) is 25.4 Å². The van der Waals surface area contributed by atoms with Crippen molar-refractivity contribution in [3.8, 4) is 0 Å². The highest BCUT2D eigenvalue weighted by Gasteiger charge is 2.15. The van der Waals surface area contributed by atoms with E-state index in [1.165, 1.54) is 29.5 Å². The van der Waals surface area contributed by atoms with Gasteiger partial charge in [-0.2, -0.15) is 0 Å². The fraction of sp³-hybridized carbons (Fsp3) is 0.533. The second-order valence-electron chi connectivity index (χ2n) is 5.00. The van der Waals surface area contributed by atoms with Gasteiger partial charge < -0.3 is 9.64 Å². The van der Waals surface area contributed by atoms with Crippen molar-refractivity contribution < 1.29 is 4.74 Å². The Morgan fingerprint density at radius 1 is 1.32 bits per heavy atom. The first-order valence-electron chi connectivity index (χ1n) is 7.09. The Hall–Kier alpha value is -1.13. The van der Waals surface area contributed by atoms with Crippen molar-refractivity contribution >= 4 is 26.7 Å². The van der Waals surface area contributed by atoms with Crippen molar-refractivity contribution in [2.24, 2.45) is 0 Å². The van der Waals surface area contributed by atoms with Crippen LogP contribution in [0.1, 0.15) is 25.3 Å². The number of hydrogen-bond donors (Lipinski definition) is 0. The van der Waals surface area contributed by atoms with Gasteiger partial charge in [0.1, 0.15) is 0 Å². The number of thiazole rings is 1. The molecule has 0 atom stereocenters. The molecule has 0 radical (unpaired) electrons. The highest BCUT2D eigenvalue weighted by atomic mass is 32.1. The molecule has 2 aromatic rings. The number of ether oxygens (including phenoxy) is 1. The Labute approximate surface area is 118 Å². The number of unbranched alkanes of at least 4 members (excludes halogenated alkanes) is 1. The molecule has 0 unspecified atom stereocenters. The average molecular weight is 276 g/mol. The molecule has 0 amide bonds. The van der Waals surface area contributed by atoms with Crippen LogP contribution in [0.15, 0.2) is 18.2 Å². The van der Waals surface area contributed by atoms with Crippen molar-refractivity contribution in [3.05, 3.63) is 23.8 Å². The maximum absolute atomic E-state index is 5.39. The van der Waals surface area contributed by atoms with Gasteiger partial charge in [0.15, 0.2) is 5.13 Å². The van der Waals surface area contributed by atoms with E-state index < -0.39 is 0 Å². The van der Waals surface area contributed by atoms with Crippen LogP contribution in [0, 0.1) is 0 Å². The van der Waals surface area contributed by atoms with Crippen LogP contribution >= 0.6 is 11.3 Å². The Bertz CT molecular complexity index is 546. The first-order chi connectivity index (χ1) is 9.36. The van der Waals surface area contributed by atoms with E-state index >= 15 is 0 Å². The molecular weight excluding hydrogens is 256 g/mol. The fourth-order valence-electron chi connectivity index (χ4n) is 2.38. The van der Waals surface area contributed by atoms with Gasteiger partial charge in [0.25, 0.3) is 0 Å². The second-order valence-corrected chi connectivity index (χ2v) is 6.01. The molecule has 3 rings (SSSR count). The molecule has 1 aliphatic rings. The number of aryl methyl sites for hydroxylation is 1. The van der Waals surface area contributed by atoms with Gasteiger partial charge in [0.2, 0.25) is 0 Å². The molecule has 1 aliphatic heterocycles. The highest BCUT2D eigenvalue weighted by molar-refractivity contribution is 7.22. The molecule has 1 saturated heterocycles. The van der Waals surface area contributed by atoms with Gasteiger partial charge in [-0.15, -0.1) is 0 Å². The maximum atomic E-state index is 5.39. The van der Waals surface area contributed by atoms with Gasteiger partial charge in [-0.3, -0.25) is 0 Å². The molecule has 102 valence electrons. The standard InChI is InChI=1S/C15H20N2OS/c1-2-3-4-12-5-6-13-14(11-12)19-15(16-13)17-7-9-18-10-8-17/h5-6,11H,2-4,7-10H2,1H3. The van der Waals surface area contributed by atoms with E-state index in [4.69, 9.17) is 9.72 Å². The SMILES string of the molecule is CCCCc1ccc2nc(N3CCOCC3)sc2c1. The number of nitrogens with zero attached hydrogens (tertiary/aromatic N) is 2. The lowest BCUT2D eigenvalue weighted by Gasteiger charge is -2.25. The lowest BCUT2D eigenvalue weighted by Crippen LogP contribution is -2.36. The molecule has 19 heavy (non-hydrogen) atoms. The summed E-state index contributed by atoms with van der Waals surface area (Å²) in [5.41, 5.74) is 2.57. The zero-order chi connectivity index (χ0) is 13.1. The summed E-state index contributed by atoms with van der Waals surface area (Å²) in [4.78, 5) is 7.08. The Balaban J connectivity index is 1.83. The van der Waals surface area contributed by atoms with Crippen LogP contribution < -0.4 is 4.90 Å². The van der Waals surface area contributed by atoms with Crippen LogP contribution in [0.25, 0.3) is 10.2 Å². The van der Waals surface area contributed by atoms with Crippen LogP contribution in [0.3, 0.4) is 0 Å². The molecule has 3 nitrogen and oxygen atoms in total. The summed E-state index contributed by atoms with van der Waals surface area (Å²) >= 11 is 1.81. The van der Waals surface area contributed by atoms with Crippen molar-refractivity contribution in [1.82, 2.24) is 4.98 Å². The molecule has 4 heteroatoms. The fourth-order valence-corrected chi connectivity index (χ4v) is 3.46. The van der Waals surface area contributed by atoms with E-state index in [-0.39, 0.29) is 0 Å². The summed E-state index contributed by atoms with van der Waals surface area (Å²) in [6.07, 6.45) is 3.69. The van der Waals surface area contributed by atoms with Crippen LogP contribution in [0.5, 0.6) is 0 Å². The van der Waals surface area contributed by atoms with Crippen LogP contribution in [0.4, 0.5) is 5.13 Å². The van der Waals surface area contributed by atoms with E-state index in [1.54, 1.807) is 0 Å². The maximum Gasteiger partial charge on any atom is 0.186 e. The Morgan fingerprint density at radius 2 is 2.16 bits per heavy atom. The number of hydrogen-bond acceptors (Lipinski definition) is 4. The molecule has 2 heterocycles.